The van der Waals surface area contributed by atoms with Gasteiger partial charge in [0.1, 0.15) is 5.75 Å². The first-order valence-corrected chi connectivity index (χ1v) is 9.58. The van der Waals surface area contributed by atoms with Crippen molar-refractivity contribution in [1.29, 1.82) is 0 Å². The molecule has 7 heteroatoms. The van der Waals surface area contributed by atoms with Crippen molar-refractivity contribution in [2.24, 2.45) is 0 Å². The summed E-state index contributed by atoms with van der Waals surface area (Å²) in [5, 5.41) is 3.69. The molecule has 0 aliphatic carbocycles. The number of benzene rings is 1. The van der Waals surface area contributed by atoms with E-state index in [9.17, 15) is 9.59 Å². The quantitative estimate of drug-likeness (QED) is 0.823. The molecule has 1 fully saturated rings. The summed E-state index contributed by atoms with van der Waals surface area (Å²) in [5.41, 5.74) is 0. The topological polar surface area (TPSA) is 61.9 Å². The van der Waals surface area contributed by atoms with Crippen molar-refractivity contribution in [2.75, 3.05) is 26.2 Å². The summed E-state index contributed by atoms with van der Waals surface area (Å²) in [5.74, 6) is 0.588. The lowest BCUT2D eigenvalue weighted by atomic mass is 10.0. The van der Waals surface area contributed by atoms with Crippen molar-refractivity contribution in [1.82, 2.24) is 15.1 Å². The number of urea groups is 1. The van der Waals surface area contributed by atoms with Gasteiger partial charge in [0.15, 0.2) is 6.10 Å². The molecule has 1 N–H and O–H groups in total. The van der Waals surface area contributed by atoms with Crippen LogP contribution in [0.4, 0.5) is 4.79 Å². The van der Waals surface area contributed by atoms with E-state index in [0.29, 0.717) is 37.0 Å². The first-order valence-electron chi connectivity index (χ1n) is 9.21. The van der Waals surface area contributed by atoms with E-state index < -0.39 is 6.10 Å². The zero-order valence-corrected chi connectivity index (χ0v) is 16.5. The van der Waals surface area contributed by atoms with Gasteiger partial charge in [-0.1, -0.05) is 11.6 Å². The molecule has 1 heterocycles. The summed E-state index contributed by atoms with van der Waals surface area (Å²) in [7, 11) is 0. The Hall–Kier alpha value is -1.95. The molecule has 0 saturated carbocycles. The summed E-state index contributed by atoms with van der Waals surface area (Å²) in [6.45, 7) is 8.31. The van der Waals surface area contributed by atoms with Crippen molar-refractivity contribution in [3.63, 3.8) is 0 Å². The molecule has 1 aliphatic rings. The molecule has 144 valence electrons. The Bertz CT molecular complexity index is 597. The lowest BCUT2D eigenvalue weighted by Gasteiger charge is -2.34. The van der Waals surface area contributed by atoms with Gasteiger partial charge in [-0.15, -0.1) is 0 Å². The second-order valence-corrected chi connectivity index (χ2v) is 6.87. The maximum Gasteiger partial charge on any atom is 0.317 e. The van der Waals surface area contributed by atoms with Crippen LogP contribution in [0, 0.1) is 0 Å². The van der Waals surface area contributed by atoms with Crippen molar-refractivity contribution in [3.05, 3.63) is 29.3 Å². The molecule has 0 aromatic heterocycles. The molecule has 3 amide bonds. The Morgan fingerprint density at radius 2 is 1.81 bits per heavy atom. The van der Waals surface area contributed by atoms with Gasteiger partial charge in [0.05, 0.1) is 0 Å². The number of carbonyl (C=O) groups is 2. The Morgan fingerprint density at radius 3 is 2.35 bits per heavy atom. The van der Waals surface area contributed by atoms with E-state index in [4.69, 9.17) is 16.3 Å². The van der Waals surface area contributed by atoms with Crippen LogP contribution in [0.15, 0.2) is 24.3 Å². The number of amides is 3. The van der Waals surface area contributed by atoms with Gasteiger partial charge >= 0.3 is 6.03 Å². The van der Waals surface area contributed by atoms with Crippen molar-refractivity contribution >= 4 is 23.5 Å². The Kier molecular flexibility index (Phi) is 7.57. The fraction of sp³-hybridized carbons (Fsp3) is 0.579. The number of likely N-dealkylation sites (tertiary alicyclic amines) is 1. The predicted octanol–water partition coefficient (Wildman–Crippen LogP) is 3.15. The van der Waals surface area contributed by atoms with Crippen LogP contribution in [0.25, 0.3) is 0 Å². The Balaban J connectivity index is 1.80. The number of carbonyl (C=O) groups excluding carboxylic acids is 2. The van der Waals surface area contributed by atoms with Gasteiger partial charge in [0.25, 0.3) is 5.91 Å². The lowest BCUT2D eigenvalue weighted by molar-refractivity contribution is -0.139. The minimum atomic E-state index is -0.557. The average molecular weight is 382 g/mol. The normalized spacial score (nSPS) is 16.1. The van der Waals surface area contributed by atoms with Gasteiger partial charge in [0.2, 0.25) is 0 Å². The van der Waals surface area contributed by atoms with Gasteiger partial charge in [-0.2, -0.15) is 0 Å². The van der Waals surface area contributed by atoms with Gasteiger partial charge < -0.3 is 19.9 Å². The average Bonchev–Trinajstić information content (AvgIpc) is 2.64. The van der Waals surface area contributed by atoms with E-state index in [1.165, 1.54) is 0 Å². The van der Waals surface area contributed by atoms with E-state index in [2.05, 4.69) is 5.32 Å². The lowest BCUT2D eigenvalue weighted by Crippen LogP contribution is -2.51. The third kappa shape index (κ3) is 5.53. The predicted molar refractivity (Wildman–Crippen MR) is 103 cm³/mol. The second-order valence-electron chi connectivity index (χ2n) is 6.44. The first-order chi connectivity index (χ1) is 12.4. The number of nitrogens with zero attached hydrogens (tertiary/aromatic N) is 2. The molecule has 1 aromatic rings. The van der Waals surface area contributed by atoms with Crippen LogP contribution in [0.5, 0.6) is 5.75 Å². The molecule has 1 aliphatic heterocycles. The molecule has 1 saturated heterocycles. The number of rotatable bonds is 6. The Morgan fingerprint density at radius 1 is 1.23 bits per heavy atom. The number of nitrogens with one attached hydrogen (secondary N) is 1. The standard InChI is InChI=1S/C19H28ClN3O3/c1-4-22(5-2)19(25)21-16-10-12-23(13-11-16)18(24)14(3)26-17-8-6-15(20)7-9-17/h6-9,14,16H,4-5,10-13H2,1-3H3,(H,21,25). The minimum absolute atomic E-state index is 0.0285. The number of piperidine rings is 1. The first kappa shape index (κ1) is 20.4. The summed E-state index contributed by atoms with van der Waals surface area (Å²) < 4.78 is 5.71. The van der Waals surface area contributed by atoms with Crippen LogP contribution in [0.3, 0.4) is 0 Å². The van der Waals surface area contributed by atoms with Crippen LogP contribution < -0.4 is 10.1 Å². The van der Waals surface area contributed by atoms with E-state index in [-0.39, 0.29) is 18.0 Å². The van der Waals surface area contributed by atoms with Gasteiger partial charge in [-0.25, -0.2) is 4.79 Å². The van der Waals surface area contributed by atoms with Crippen molar-refractivity contribution < 1.29 is 14.3 Å². The highest BCUT2D eigenvalue weighted by atomic mass is 35.5. The molecular weight excluding hydrogens is 354 g/mol. The van der Waals surface area contributed by atoms with Crippen molar-refractivity contribution in [2.45, 2.75) is 45.8 Å². The zero-order valence-electron chi connectivity index (χ0n) is 15.7. The third-order valence-corrected chi connectivity index (χ3v) is 4.91. The monoisotopic (exact) mass is 381 g/mol. The maximum atomic E-state index is 12.6. The molecule has 6 nitrogen and oxygen atoms in total. The van der Waals surface area contributed by atoms with Gasteiger partial charge in [-0.05, 0) is 57.9 Å². The van der Waals surface area contributed by atoms with E-state index >= 15 is 0 Å². The molecule has 1 aromatic carbocycles. The summed E-state index contributed by atoms with van der Waals surface area (Å²) in [6, 6.07) is 7.05. The summed E-state index contributed by atoms with van der Waals surface area (Å²) in [6.07, 6.45) is 0.955. The molecule has 2 rings (SSSR count). The molecule has 0 bridgehead atoms. The highest BCUT2D eigenvalue weighted by molar-refractivity contribution is 6.30. The van der Waals surface area contributed by atoms with Gasteiger partial charge in [-0.3, -0.25) is 4.79 Å². The van der Waals surface area contributed by atoms with Crippen LogP contribution in [-0.2, 0) is 4.79 Å². The minimum Gasteiger partial charge on any atom is -0.481 e. The SMILES string of the molecule is CCN(CC)C(=O)NC1CCN(C(=O)C(C)Oc2ccc(Cl)cc2)CC1. The highest BCUT2D eigenvalue weighted by Crippen LogP contribution is 2.18. The third-order valence-electron chi connectivity index (χ3n) is 4.66. The van der Waals surface area contributed by atoms with E-state index in [0.717, 1.165) is 12.8 Å². The largest absolute Gasteiger partial charge is 0.481 e. The number of ether oxygens (including phenoxy) is 1. The maximum absolute atomic E-state index is 12.6. The number of hydrogen-bond donors (Lipinski definition) is 1. The molecule has 0 spiro atoms. The van der Waals surface area contributed by atoms with Crippen molar-refractivity contribution in [3.8, 4) is 5.75 Å². The highest BCUT2D eigenvalue weighted by Gasteiger charge is 2.28. The molecular formula is C19H28ClN3O3. The molecule has 0 radical (unpaired) electrons. The van der Waals surface area contributed by atoms with E-state index in [1.807, 2.05) is 13.8 Å². The van der Waals surface area contributed by atoms with Crippen LogP contribution in [0.1, 0.15) is 33.6 Å². The number of hydrogen-bond acceptors (Lipinski definition) is 3. The van der Waals surface area contributed by atoms with Crippen LogP contribution >= 0.6 is 11.6 Å². The van der Waals surface area contributed by atoms with Crippen LogP contribution in [0.2, 0.25) is 5.02 Å². The Labute approximate surface area is 160 Å². The van der Waals surface area contributed by atoms with Gasteiger partial charge in [0, 0.05) is 37.2 Å². The smallest absolute Gasteiger partial charge is 0.317 e. The zero-order chi connectivity index (χ0) is 19.1. The fourth-order valence-electron chi connectivity index (χ4n) is 3.05. The molecule has 1 unspecified atom stereocenters. The molecule has 1 atom stereocenters. The summed E-state index contributed by atoms with van der Waals surface area (Å²) in [4.78, 5) is 28.3. The number of halogens is 1. The second kappa shape index (κ2) is 9.67. The molecule has 26 heavy (non-hydrogen) atoms. The van der Waals surface area contributed by atoms with Crippen LogP contribution in [-0.4, -0.2) is 60.1 Å². The summed E-state index contributed by atoms with van der Waals surface area (Å²) >= 11 is 5.86. The van der Waals surface area contributed by atoms with E-state index in [1.54, 1.807) is 41.0 Å². The fourth-order valence-corrected chi connectivity index (χ4v) is 3.17.